The lowest BCUT2D eigenvalue weighted by Crippen LogP contribution is -2.61. The Bertz CT molecular complexity index is 580. The molecule has 100 valence electrons. The van der Waals surface area contributed by atoms with E-state index in [0.29, 0.717) is 0 Å². The van der Waals surface area contributed by atoms with Crippen molar-refractivity contribution in [3.05, 3.63) is 30.0 Å². The highest BCUT2D eigenvalue weighted by atomic mass is 16.5. The van der Waals surface area contributed by atoms with Gasteiger partial charge in [0.2, 0.25) is 0 Å². The van der Waals surface area contributed by atoms with Crippen molar-refractivity contribution < 1.29 is 4.52 Å². The van der Waals surface area contributed by atoms with Crippen molar-refractivity contribution >= 4 is 11.0 Å². The Labute approximate surface area is 112 Å². The molecule has 4 nitrogen and oxygen atoms in total. The number of nitrogens with zero attached hydrogens (tertiary/aromatic N) is 2. The van der Waals surface area contributed by atoms with Gasteiger partial charge in [-0.15, -0.1) is 0 Å². The van der Waals surface area contributed by atoms with Crippen LogP contribution in [0.25, 0.3) is 11.0 Å². The number of para-hydroxylation sites is 1. The third-order valence-electron chi connectivity index (χ3n) is 4.67. The average molecular weight is 257 g/mol. The van der Waals surface area contributed by atoms with Crippen molar-refractivity contribution in [1.82, 2.24) is 15.4 Å². The largest absolute Gasteiger partial charge is 0.356 e. The fraction of sp³-hybridized carbons (Fsp3) is 0.533. The van der Waals surface area contributed by atoms with E-state index in [2.05, 4.69) is 27.5 Å². The SMILES string of the molecule is c1ccc2c(C34CCCCN3CCNC4)noc2c1. The van der Waals surface area contributed by atoms with Gasteiger partial charge in [0.25, 0.3) is 0 Å². The van der Waals surface area contributed by atoms with Crippen LogP contribution in [0.3, 0.4) is 0 Å². The first-order valence-corrected chi connectivity index (χ1v) is 7.21. The quantitative estimate of drug-likeness (QED) is 0.849. The number of aromatic nitrogens is 1. The van der Waals surface area contributed by atoms with Gasteiger partial charge in [0.15, 0.2) is 5.58 Å². The maximum atomic E-state index is 5.54. The minimum atomic E-state index is 0.0447. The lowest BCUT2D eigenvalue weighted by molar-refractivity contribution is 0.0164. The van der Waals surface area contributed by atoms with E-state index in [0.717, 1.165) is 30.9 Å². The summed E-state index contributed by atoms with van der Waals surface area (Å²) in [6.45, 7) is 4.37. The molecule has 2 aliphatic heterocycles. The van der Waals surface area contributed by atoms with E-state index in [9.17, 15) is 0 Å². The Kier molecular flexibility index (Phi) is 2.60. The van der Waals surface area contributed by atoms with Gasteiger partial charge in [-0.3, -0.25) is 4.90 Å². The highest BCUT2D eigenvalue weighted by molar-refractivity contribution is 5.80. The summed E-state index contributed by atoms with van der Waals surface area (Å²) in [4.78, 5) is 2.61. The molecular formula is C15H19N3O. The van der Waals surface area contributed by atoms with Crippen LogP contribution < -0.4 is 5.32 Å². The van der Waals surface area contributed by atoms with Crippen molar-refractivity contribution in [3.63, 3.8) is 0 Å². The first-order chi connectivity index (χ1) is 9.40. The second kappa shape index (κ2) is 4.32. The van der Waals surface area contributed by atoms with E-state index < -0.39 is 0 Å². The number of hydrogen-bond donors (Lipinski definition) is 1. The van der Waals surface area contributed by atoms with E-state index in [1.54, 1.807) is 0 Å². The van der Waals surface area contributed by atoms with Crippen molar-refractivity contribution in [2.24, 2.45) is 0 Å². The zero-order valence-corrected chi connectivity index (χ0v) is 11.1. The number of benzene rings is 1. The van der Waals surface area contributed by atoms with Crippen molar-refractivity contribution in [1.29, 1.82) is 0 Å². The summed E-state index contributed by atoms with van der Waals surface area (Å²) >= 11 is 0. The smallest absolute Gasteiger partial charge is 0.167 e. The van der Waals surface area contributed by atoms with Crippen LogP contribution in [-0.4, -0.2) is 36.2 Å². The van der Waals surface area contributed by atoms with Crippen LogP contribution >= 0.6 is 0 Å². The maximum Gasteiger partial charge on any atom is 0.167 e. The topological polar surface area (TPSA) is 41.3 Å². The Balaban J connectivity index is 1.87. The summed E-state index contributed by atoms with van der Waals surface area (Å²) in [5.41, 5.74) is 2.08. The Morgan fingerprint density at radius 3 is 3.16 bits per heavy atom. The second-order valence-corrected chi connectivity index (χ2v) is 5.68. The number of piperidine rings is 1. The summed E-state index contributed by atoms with van der Waals surface area (Å²) in [5.74, 6) is 0. The fourth-order valence-electron chi connectivity index (χ4n) is 3.70. The summed E-state index contributed by atoms with van der Waals surface area (Å²) in [6, 6.07) is 8.22. The lowest BCUT2D eigenvalue weighted by Gasteiger charge is -2.49. The molecule has 19 heavy (non-hydrogen) atoms. The number of nitrogens with one attached hydrogen (secondary N) is 1. The van der Waals surface area contributed by atoms with Gasteiger partial charge in [-0.05, 0) is 37.9 Å². The molecule has 2 fully saturated rings. The Hall–Kier alpha value is -1.39. The van der Waals surface area contributed by atoms with Crippen LogP contribution in [0.4, 0.5) is 0 Å². The van der Waals surface area contributed by atoms with Gasteiger partial charge >= 0.3 is 0 Å². The lowest BCUT2D eigenvalue weighted by atomic mass is 9.81. The predicted molar refractivity (Wildman–Crippen MR) is 74.0 cm³/mol. The van der Waals surface area contributed by atoms with Crippen molar-refractivity contribution in [3.8, 4) is 0 Å². The van der Waals surface area contributed by atoms with Gasteiger partial charge in [-0.2, -0.15) is 0 Å². The molecule has 0 amide bonds. The van der Waals surface area contributed by atoms with Crippen LogP contribution in [0.15, 0.2) is 28.8 Å². The molecule has 1 atom stereocenters. The van der Waals surface area contributed by atoms with Gasteiger partial charge in [0.05, 0.1) is 5.54 Å². The monoisotopic (exact) mass is 257 g/mol. The van der Waals surface area contributed by atoms with E-state index in [-0.39, 0.29) is 5.54 Å². The Morgan fingerprint density at radius 2 is 2.16 bits per heavy atom. The van der Waals surface area contributed by atoms with Gasteiger partial charge in [0, 0.05) is 25.0 Å². The molecule has 0 bridgehead atoms. The van der Waals surface area contributed by atoms with Gasteiger partial charge < -0.3 is 9.84 Å². The standard InChI is InChI=1S/C15H19N3O/c1-2-6-13-12(5-1)14(17-19-13)15-7-3-4-9-18(15)10-8-16-11-15/h1-2,5-6,16H,3-4,7-11H2. The highest BCUT2D eigenvalue weighted by Crippen LogP contribution is 2.40. The molecule has 1 aromatic carbocycles. The first kappa shape index (κ1) is 11.4. The molecule has 1 unspecified atom stereocenters. The summed E-state index contributed by atoms with van der Waals surface area (Å²) < 4.78 is 5.54. The average Bonchev–Trinajstić information content (AvgIpc) is 2.92. The summed E-state index contributed by atoms with van der Waals surface area (Å²) in [5, 5.41) is 9.17. The minimum Gasteiger partial charge on any atom is -0.356 e. The first-order valence-electron chi connectivity index (χ1n) is 7.21. The normalized spacial score (nSPS) is 28.4. The third kappa shape index (κ3) is 1.63. The molecule has 4 rings (SSSR count). The van der Waals surface area contributed by atoms with Gasteiger partial charge in [-0.25, -0.2) is 0 Å². The highest BCUT2D eigenvalue weighted by Gasteiger charge is 2.45. The molecule has 4 heteroatoms. The molecule has 3 heterocycles. The van der Waals surface area contributed by atoms with Crippen LogP contribution in [0.1, 0.15) is 25.0 Å². The van der Waals surface area contributed by atoms with E-state index in [1.807, 2.05) is 12.1 Å². The predicted octanol–water partition coefficient (Wildman–Crippen LogP) is 2.11. The molecule has 1 aromatic heterocycles. The second-order valence-electron chi connectivity index (χ2n) is 5.68. The molecule has 0 aliphatic carbocycles. The zero-order valence-electron chi connectivity index (χ0n) is 11.1. The number of rotatable bonds is 1. The third-order valence-corrected chi connectivity index (χ3v) is 4.67. The molecule has 2 aliphatic rings. The summed E-state index contributed by atoms with van der Waals surface area (Å²) in [7, 11) is 0. The minimum absolute atomic E-state index is 0.0447. The molecule has 0 radical (unpaired) electrons. The van der Waals surface area contributed by atoms with Crippen LogP contribution in [-0.2, 0) is 5.54 Å². The van der Waals surface area contributed by atoms with Crippen LogP contribution in [0.5, 0.6) is 0 Å². The maximum absolute atomic E-state index is 5.54. The fourth-order valence-corrected chi connectivity index (χ4v) is 3.70. The molecule has 2 aromatic rings. The number of hydrogen-bond acceptors (Lipinski definition) is 4. The van der Waals surface area contributed by atoms with E-state index in [1.165, 1.54) is 31.2 Å². The molecule has 0 saturated carbocycles. The molecular weight excluding hydrogens is 238 g/mol. The van der Waals surface area contributed by atoms with E-state index in [4.69, 9.17) is 4.52 Å². The van der Waals surface area contributed by atoms with Crippen LogP contribution in [0, 0.1) is 0 Å². The number of piperazine rings is 1. The van der Waals surface area contributed by atoms with E-state index >= 15 is 0 Å². The van der Waals surface area contributed by atoms with Gasteiger partial charge in [-0.1, -0.05) is 17.3 Å². The summed E-state index contributed by atoms with van der Waals surface area (Å²) in [6.07, 6.45) is 3.76. The molecule has 1 N–H and O–H groups in total. The van der Waals surface area contributed by atoms with Crippen LogP contribution in [0.2, 0.25) is 0 Å². The molecule has 2 saturated heterocycles. The van der Waals surface area contributed by atoms with Crippen molar-refractivity contribution in [2.75, 3.05) is 26.2 Å². The Morgan fingerprint density at radius 1 is 1.21 bits per heavy atom. The molecule has 0 spiro atoms. The number of fused-ring (bicyclic) bond motifs is 2. The zero-order chi connectivity index (χ0) is 12.7. The van der Waals surface area contributed by atoms with Gasteiger partial charge in [0.1, 0.15) is 5.69 Å². The van der Waals surface area contributed by atoms with Crippen molar-refractivity contribution in [2.45, 2.75) is 24.8 Å².